The Morgan fingerprint density at radius 3 is 2.44 bits per heavy atom. The number of nitrogens with one attached hydrogen (secondary N) is 3. The molecule has 6 bridgehead atoms. The van der Waals surface area contributed by atoms with E-state index in [2.05, 4.69) is 39.6 Å². The van der Waals surface area contributed by atoms with Gasteiger partial charge in [-0.2, -0.15) is 0 Å². The van der Waals surface area contributed by atoms with Crippen LogP contribution in [0.3, 0.4) is 0 Å². The molecule has 8 rings (SSSR count). The lowest BCUT2D eigenvalue weighted by Crippen LogP contribution is -2.54. The lowest BCUT2D eigenvalue weighted by atomic mass is 9.96. The lowest BCUT2D eigenvalue weighted by Gasteiger charge is -2.41. The van der Waals surface area contributed by atoms with Crippen LogP contribution in [-0.4, -0.2) is 113 Å². The van der Waals surface area contributed by atoms with Gasteiger partial charge in [-0.1, -0.05) is 32.0 Å². The van der Waals surface area contributed by atoms with Gasteiger partial charge >= 0.3 is 0 Å². The van der Waals surface area contributed by atoms with Crippen LogP contribution in [0.5, 0.6) is 0 Å². The van der Waals surface area contributed by atoms with Gasteiger partial charge in [-0.25, -0.2) is 4.98 Å². The summed E-state index contributed by atoms with van der Waals surface area (Å²) in [6.07, 6.45) is 6.88. The van der Waals surface area contributed by atoms with Crippen molar-refractivity contribution in [3.8, 4) is 0 Å². The van der Waals surface area contributed by atoms with Crippen molar-refractivity contribution in [1.29, 1.82) is 0 Å². The molecule has 0 saturated carbocycles. The Balaban J connectivity index is 1.15. The fraction of sp³-hybridized carbons (Fsp3) is 0.658. The van der Waals surface area contributed by atoms with E-state index in [1.165, 1.54) is 0 Å². The molecule has 3 atom stereocenters. The van der Waals surface area contributed by atoms with Crippen LogP contribution in [0, 0.1) is 6.92 Å². The zero-order valence-corrected chi connectivity index (χ0v) is 30.8. The fourth-order valence-electron chi connectivity index (χ4n) is 8.30. The second kappa shape index (κ2) is 16.8. The van der Waals surface area contributed by atoms with E-state index in [0.29, 0.717) is 37.7 Å². The zero-order valence-electron chi connectivity index (χ0n) is 30.0. The van der Waals surface area contributed by atoms with Gasteiger partial charge in [-0.3, -0.25) is 24.1 Å². The molecule has 1 aromatic carbocycles. The van der Waals surface area contributed by atoms with Crippen molar-refractivity contribution in [1.82, 2.24) is 35.6 Å². The summed E-state index contributed by atoms with van der Waals surface area (Å²) in [5.41, 5.74) is 1.44. The molecule has 0 spiro atoms. The Labute approximate surface area is 300 Å². The minimum atomic E-state index is -0.297. The van der Waals surface area contributed by atoms with Gasteiger partial charge in [0.05, 0.1) is 23.2 Å². The van der Waals surface area contributed by atoms with E-state index in [-0.39, 0.29) is 66.6 Å². The van der Waals surface area contributed by atoms with Gasteiger partial charge in [-0.15, -0.1) is 11.3 Å². The summed E-state index contributed by atoms with van der Waals surface area (Å²) in [5, 5.41) is 10.9. The van der Waals surface area contributed by atoms with Crippen molar-refractivity contribution < 1.29 is 19.2 Å². The third-order valence-corrected chi connectivity index (χ3v) is 12.1. The molecule has 3 saturated heterocycles. The molecule has 0 radical (unpaired) electrons. The average molecular weight is 706 g/mol. The third-order valence-electron chi connectivity index (χ3n) is 11.0. The van der Waals surface area contributed by atoms with Crippen LogP contribution in [0.15, 0.2) is 30.3 Å². The molecule has 1 aromatic heterocycles. The fourth-order valence-corrected chi connectivity index (χ4v) is 9.41. The summed E-state index contributed by atoms with van der Waals surface area (Å²) in [7, 11) is 0. The van der Waals surface area contributed by atoms with E-state index in [1.54, 1.807) is 23.5 Å². The standard InChI is InChI=1S/C38H55N7O4S/c1-25(2)40-30-21-33-38(49)44-17-12-28(13-18-44)37-42-32(26(3)50-37)23-34(46)41-29(11-7-8-16-39-36(48)27-9-5-4-6-10-27)22-35(47)43-19-14-31(15-20-43)45(33)24-30/h4-6,9-10,25,28-31,33,40H,7-8,11-24H2,1-3H3,(H,39,48)(H,41,46)/t29-,30-,33-/m0/s1. The number of benzene rings is 1. The maximum absolute atomic E-state index is 14.1. The summed E-state index contributed by atoms with van der Waals surface area (Å²) >= 11 is 1.67. The predicted octanol–water partition coefficient (Wildman–Crippen LogP) is 3.62. The second-order valence-electron chi connectivity index (χ2n) is 15.0. The monoisotopic (exact) mass is 705 g/mol. The molecule has 272 valence electrons. The quantitative estimate of drug-likeness (QED) is 0.359. The van der Waals surface area contributed by atoms with Gasteiger partial charge in [0.25, 0.3) is 5.91 Å². The number of amides is 4. The minimum Gasteiger partial charge on any atom is -0.353 e. The molecule has 50 heavy (non-hydrogen) atoms. The predicted molar refractivity (Wildman–Crippen MR) is 195 cm³/mol. The van der Waals surface area contributed by atoms with Crippen molar-refractivity contribution >= 4 is 35.0 Å². The van der Waals surface area contributed by atoms with Crippen LogP contribution >= 0.6 is 11.3 Å². The number of rotatable bonds is 8. The average Bonchev–Trinajstić information content (AvgIpc) is 3.70. The number of thiazole rings is 1. The largest absolute Gasteiger partial charge is 0.353 e. The molecular weight excluding hydrogens is 651 g/mol. The molecule has 4 amide bonds. The Morgan fingerprint density at radius 2 is 1.72 bits per heavy atom. The molecule has 3 N–H and O–H groups in total. The number of piperidine rings is 2. The van der Waals surface area contributed by atoms with Crippen LogP contribution in [0.25, 0.3) is 0 Å². The van der Waals surface area contributed by atoms with Crippen molar-refractivity contribution in [2.75, 3.05) is 39.3 Å². The van der Waals surface area contributed by atoms with Gasteiger partial charge in [0.15, 0.2) is 0 Å². The van der Waals surface area contributed by atoms with E-state index < -0.39 is 0 Å². The zero-order chi connectivity index (χ0) is 35.2. The molecule has 2 aromatic rings. The van der Waals surface area contributed by atoms with Crippen LogP contribution in [0.1, 0.15) is 103 Å². The third kappa shape index (κ3) is 9.11. The first kappa shape index (κ1) is 36.4. The van der Waals surface area contributed by atoms with Crippen LogP contribution in [0.4, 0.5) is 0 Å². The first-order valence-corrected chi connectivity index (χ1v) is 19.6. The van der Waals surface area contributed by atoms with E-state index in [4.69, 9.17) is 4.98 Å². The Hall–Kier alpha value is -3.35. The number of fused-ring (bicyclic) bond motifs is 2. The number of carbonyl (C=O) groups is 4. The minimum absolute atomic E-state index is 0.0597. The molecule has 3 fully saturated rings. The van der Waals surface area contributed by atoms with Gasteiger partial charge < -0.3 is 25.8 Å². The van der Waals surface area contributed by atoms with Gasteiger partial charge in [0.1, 0.15) is 0 Å². The van der Waals surface area contributed by atoms with Crippen LogP contribution in [-0.2, 0) is 20.8 Å². The van der Waals surface area contributed by atoms with Gasteiger partial charge in [0.2, 0.25) is 17.7 Å². The molecular formula is C38H55N7O4S. The van der Waals surface area contributed by atoms with E-state index in [1.807, 2.05) is 30.0 Å². The SMILES string of the molecule is Cc1sc2nc1CC(=O)N[C@@H](CCCCNC(=O)c1ccccc1)CC(=O)N1CCC(CC1)N1C[C@@H](NC(C)C)C[C@H]1C(=O)N1CCC2CC1. The number of aryl methyl sites for hydroxylation is 1. The van der Waals surface area contributed by atoms with Crippen LogP contribution in [0.2, 0.25) is 0 Å². The first-order chi connectivity index (χ1) is 24.1. The Kier molecular flexibility index (Phi) is 12.2. The first-order valence-electron chi connectivity index (χ1n) is 18.8. The van der Waals surface area contributed by atoms with Crippen molar-refractivity contribution in [2.45, 2.75) is 121 Å². The highest BCUT2D eigenvalue weighted by Crippen LogP contribution is 2.35. The lowest BCUT2D eigenvalue weighted by molar-refractivity contribution is -0.139. The molecule has 0 unspecified atom stereocenters. The number of nitrogens with zero attached hydrogens (tertiary/aromatic N) is 4. The smallest absolute Gasteiger partial charge is 0.251 e. The summed E-state index contributed by atoms with van der Waals surface area (Å²) in [4.78, 5) is 66.2. The summed E-state index contributed by atoms with van der Waals surface area (Å²) in [6, 6.07) is 9.62. The van der Waals surface area contributed by atoms with Crippen molar-refractivity contribution in [3.63, 3.8) is 0 Å². The molecule has 0 aliphatic carbocycles. The molecule has 6 aliphatic heterocycles. The molecule has 6 aliphatic rings. The van der Waals surface area contributed by atoms with E-state index >= 15 is 0 Å². The number of carbonyl (C=O) groups excluding carboxylic acids is 4. The highest BCUT2D eigenvalue weighted by atomic mass is 32.1. The van der Waals surface area contributed by atoms with E-state index in [9.17, 15) is 19.2 Å². The summed E-state index contributed by atoms with van der Waals surface area (Å²) in [5.74, 6) is 0.388. The Morgan fingerprint density at radius 1 is 1.00 bits per heavy atom. The van der Waals surface area contributed by atoms with Crippen LogP contribution < -0.4 is 16.0 Å². The second-order valence-corrected chi connectivity index (χ2v) is 16.2. The maximum atomic E-state index is 14.1. The Bertz CT molecular complexity index is 1480. The summed E-state index contributed by atoms with van der Waals surface area (Å²) < 4.78 is 0. The number of unbranched alkanes of at least 4 members (excludes halogenated alkanes) is 1. The number of hydrogen-bond acceptors (Lipinski definition) is 8. The van der Waals surface area contributed by atoms with Gasteiger partial charge in [-0.05, 0) is 70.4 Å². The van der Waals surface area contributed by atoms with Crippen molar-refractivity contribution in [3.05, 3.63) is 51.5 Å². The van der Waals surface area contributed by atoms with E-state index in [0.717, 1.165) is 80.2 Å². The normalized spacial score (nSPS) is 26.7. The van der Waals surface area contributed by atoms with Crippen molar-refractivity contribution in [2.24, 2.45) is 0 Å². The number of aromatic nitrogens is 1. The summed E-state index contributed by atoms with van der Waals surface area (Å²) in [6.45, 7) is 10.5. The highest BCUT2D eigenvalue weighted by molar-refractivity contribution is 7.11. The molecule has 12 heteroatoms. The highest BCUT2D eigenvalue weighted by Gasteiger charge is 2.44. The maximum Gasteiger partial charge on any atom is 0.251 e. The molecule has 7 heterocycles. The van der Waals surface area contributed by atoms with Gasteiger partial charge in [0, 0.05) is 86.2 Å². The topological polar surface area (TPSA) is 127 Å². The number of hydrogen-bond donors (Lipinski definition) is 3. The molecule has 11 nitrogen and oxygen atoms in total.